The molecule has 0 spiro atoms. The molecule has 14 nitrogen and oxygen atoms in total. The van der Waals surface area contributed by atoms with Crippen LogP contribution >= 0.6 is 0 Å². The zero-order valence-corrected chi connectivity index (χ0v) is 20.4. The zero-order chi connectivity index (χ0) is 26.9. The number of ether oxygens (including phenoxy) is 5. The lowest BCUT2D eigenvalue weighted by molar-refractivity contribution is -0.380. The third-order valence-electron chi connectivity index (χ3n) is 7.19. The fourth-order valence-corrected chi connectivity index (χ4v) is 4.84. The topological polar surface area (TPSA) is 228 Å². The van der Waals surface area contributed by atoms with Crippen LogP contribution in [0.25, 0.3) is 0 Å². The Morgan fingerprint density at radius 3 is 1.64 bits per heavy atom. The maximum atomic E-state index is 10.8. The van der Waals surface area contributed by atoms with Crippen LogP contribution in [-0.2, 0) is 23.7 Å². The van der Waals surface area contributed by atoms with Crippen LogP contribution in [0.1, 0.15) is 20.8 Å². The summed E-state index contributed by atoms with van der Waals surface area (Å²) in [4.78, 5) is 0. The Hall–Kier alpha value is -0.560. The van der Waals surface area contributed by atoms with E-state index in [1.54, 1.807) is 13.8 Å². The summed E-state index contributed by atoms with van der Waals surface area (Å²) in [6, 6.07) is 0. The summed E-state index contributed by atoms with van der Waals surface area (Å²) in [5.74, 6) is -1.00. The molecule has 14 heteroatoms. The lowest BCUT2D eigenvalue weighted by Gasteiger charge is -2.49. The molecule has 3 saturated heterocycles. The fraction of sp³-hybridized carbons (Fsp3) is 1.00. The predicted octanol–water partition coefficient (Wildman–Crippen LogP) is -4.59. The molecular formula is C22H40O14. The van der Waals surface area contributed by atoms with Crippen molar-refractivity contribution in [1.29, 1.82) is 0 Å². The monoisotopic (exact) mass is 528 g/mol. The van der Waals surface area contributed by atoms with Crippen molar-refractivity contribution in [2.45, 2.75) is 107 Å². The Balaban J connectivity index is 1.85. The molecule has 0 aromatic heterocycles. The zero-order valence-electron chi connectivity index (χ0n) is 20.4. The van der Waals surface area contributed by atoms with Crippen LogP contribution in [0, 0.1) is 11.8 Å². The van der Waals surface area contributed by atoms with E-state index in [0.717, 1.165) is 0 Å². The molecule has 0 aromatic carbocycles. The van der Waals surface area contributed by atoms with Crippen LogP contribution in [0.3, 0.4) is 0 Å². The van der Waals surface area contributed by atoms with E-state index < -0.39 is 112 Å². The van der Waals surface area contributed by atoms with E-state index in [1.165, 1.54) is 6.92 Å². The van der Waals surface area contributed by atoms with Crippen LogP contribution in [0.15, 0.2) is 0 Å². The molecule has 212 valence electrons. The van der Waals surface area contributed by atoms with Crippen LogP contribution < -0.4 is 0 Å². The Morgan fingerprint density at radius 2 is 1.08 bits per heavy atom. The second-order valence-electron chi connectivity index (χ2n) is 10.0. The fourth-order valence-electron chi connectivity index (χ4n) is 4.84. The summed E-state index contributed by atoms with van der Waals surface area (Å²) in [7, 11) is 0. The van der Waals surface area contributed by atoms with Gasteiger partial charge in [0, 0.05) is 5.92 Å². The first kappa shape index (κ1) is 30.0. The molecule has 9 N–H and O–H groups in total. The van der Waals surface area contributed by atoms with Gasteiger partial charge in [0.2, 0.25) is 0 Å². The van der Waals surface area contributed by atoms with Gasteiger partial charge in [-0.25, -0.2) is 0 Å². The summed E-state index contributed by atoms with van der Waals surface area (Å²) in [5.41, 5.74) is 0. The molecule has 3 fully saturated rings. The van der Waals surface area contributed by atoms with Gasteiger partial charge in [0.25, 0.3) is 0 Å². The SMILES string of the molecule is CC(C)[C@@H]1O[C@H](CO)[C@H](O[C@H]2O[C@H](CO)[C@@H](O)[C@H](O)[C@H]2O[C@@H]2O[C@H](CO)[C@@H](O)[C@H](C)[C@H]2O)[C@H](O)[C@H]1O. The van der Waals surface area contributed by atoms with Gasteiger partial charge in [0.15, 0.2) is 12.6 Å². The second kappa shape index (κ2) is 12.5. The molecule has 36 heavy (non-hydrogen) atoms. The van der Waals surface area contributed by atoms with E-state index in [-0.39, 0.29) is 5.92 Å². The standard InChI is InChI=1S/C22H40O14/c1-7(2)18-16(30)17(31)19(11(6-25)32-18)35-22-20(15(29)14(28)10(5-24)34-22)36-21-13(27)8(3)12(26)9(4-23)33-21/h7-31H,4-6H2,1-3H3/t8-,9+,10+,11+,12-,13+,14+,15-,16+,17+,18-,19-,20+,21-,22+/m0/s1. The highest BCUT2D eigenvalue weighted by Crippen LogP contribution is 2.34. The number of hydrogen-bond donors (Lipinski definition) is 9. The third-order valence-corrected chi connectivity index (χ3v) is 7.19. The van der Waals surface area contributed by atoms with Crippen molar-refractivity contribution in [1.82, 2.24) is 0 Å². The Bertz CT molecular complexity index is 679. The molecule has 3 aliphatic heterocycles. The van der Waals surface area contributed by atoms with Gasteiger partial charge in [-0.2, -0.15) is 0 Å². The normalized spacial score (nSPS) is 50.4. The minimum atomic E-state index is -1.74. The molecule has 0 bridgehead atoms. The van der Waals surface area contributed by atoms with Crippen LogP contribution in [-0.4, -0.2) is 152 Å². The van der Waals surface area contributed by atoms with E-state index in [2.05, 4.69) is 0 Å². The summed E-state index contributed by atoms with van der Waals surface area (Å²) < 4.78 is 28.3. The number of aliphatic hydroxyl groups excluding tert-OH is 9. The highest BCUT2D eigenvalue weighted by atomic mass is 16.8. The van der Waals surface area contributed by atoms with E-state index in [4.69, 9.17) is 23.7 Å². The van der Waals surface area contributed by atoms with E-state index in [0.29, 0.717) is 0 Å². The maximum Gasteiger partial charge on any atom is 0.187 e. The van der Waals surface area contributed by atoms with Gasteiger partial charge >= 0.3 is 0 Å². The number of rotatable bonds is 8. The Labute approximate surface area is 208 Å². The van der Waals surface area contributed by atoms with Crippen molar-refractivity contribution in [2.24, 2.45) is 11.8 Å². The summed E-state index contributed by atoms with van der Waals surface area (Å²) in [5, 5.41) is 92.2. The van der Waals surface area contributed by atoms with Crippen molar-refractivity contribution >= 4 is 0 Å². The molecular weight excluding hydrogens is 488 g/mol. The Kier molecular flexibility index (Phi) is 10.4. The molecule has 0 aromatic rings. The summed E-state index contributed by atoms with van der Waals surface area (Å²) in [6.07, 6.45) is -19.3. The lowest BCUT2D eigenvalue weighted by Crippen LogP contribution is -2.66. The van der Waals surface area contributed by atoms with Gasteiger partial charge in [-0.1, -0.05) is 20.8 Å². The number of aliphatic hydroxyl groups is 9. The molecule has 0 aliphatic carbocycles. The molecule has 0 saturated carbocycles. The average molecular weight is 529 g/mol. The molecule has 0 radical (unpaired) electrons. The predicted molar refractivity (Wildman–Crippen MR) is 117 cm³/mol. The van der Waals surface area contributed by atoms with E-state index in [9.17, 15) is 46.0 Å². The smallest absolute Gasteiger partial charge is 0.187 e. The molecule has 0 amide bonds. The Morgan fingerprint density at radius 1 is 0.583 bits per heavy atom. The van der Waals surface area contributed by atoms with E-state index >= 15 is 0 Å². The van der Waals surface area contributed by atoms with Gasteiger partial charge in [-0.05, 0) is 5.92 Å². The average Bonchev–Trinajstić information content (AvgIpc) is 2.85. The molecule has 15 atom stereocenters. The lowest BCUT2D eigenvalue weighted by atomic mass is 9.89. The minimum absolute atomic E-state index is 0.204. The van der Waals surface area contributed by atoms with Crippen molar-refractivity contribution in [3.05, 3.63) is 0 Å². The third kappa shape index (κ3) is 5.87. The van der Waals surface area contributed by atoms with Crippen molar-refractivity contribution < 1.29 is 69.6 Å². The second-order valence-corrected chi connectivity index (χ2v) is 10.0. The highest BCUT2D eigenvalue weighted by Gasteiger charge is 2.53. The van der Waals surface area contributed by atoms with Gasteiger partial charge in [0.05, 0.1) is 32.0 Å². The van der Waals surface area contributed by atoms with Crippen LogP contribution in [0.5, 0.6) is 0 Å². The van der Waals surface area contributed by atoms with Gasteiger partial charge in [-0.15, -0.1) is 0 Å². The van der Waals surface area contributed by atoms with Crippen molar-refractivity contribution in [3.8, 4) is 0 Å². The first-order valence-electron chi connectivity index (χ1n) is 12.1. The van der Waals surface area contributed by atoms with E-state index in [1.807, 2.05) is 0 Å². The van der Waals surface area contributed by atoms with Crippen molar-refractivity contribution in [3.63, 3.8) is 0 Å². The van der Waals surface area contributed by atoms with Gasteiger partial charge in [-0.3, -0.25) is 0 Å². The van der Waals surface area contributed by atoms with Gasteiger partial charge < -0.3 is 69.6 Å². The minimum Gasteiger partial charge on any atom is -0.394 e. The first-order valence-corrected chi connectivity index (χ1v) is 12.1. The van der Waals surface area contributed by atoms with Crippen LogP contribution in [0.2, 0.25) is 0 Å². The summed E-state index contributed by atoms with van der Waals surface area (Å²) in [6.45, 7) is 3.14. The number of hydrogen-bond acceptors (Lipinski definition) is 14. The molecule has 3 aliphatic rings. The van der Waals surface area contributed by atoms with Crippen molar-refractivity contribution in [2.75, 3.05) is 19.8 Å². The molecule has 3 heterocycles. The largest absolute Gasteiger partial charge is 0.394 e. The molecule has 3 rings (SSSR count). The highest BCUT2D eigenvalue weighted by molar-refractivity contribution is 4.97. The summed E-state index contributed by atoms with van der Waals surface area (Å²) >= 11 is 0. The van der Waals surface area contributed by atoms with Crippen LogP contribution in [0.4, 0.5) is 0 Å². The first-order chi connectivity index (χ1) is 17.0. The van der Waals surface area contributed by atoms with Gasteiger partial charge in [0.1, 0.15) is 61.0 Å². The quantitative estimate of drug-likeness (QED) is 0.144. The maximum absolute atomic E-state index is 10.8. The molecule has 0 unspecified atom stereocenters.